The third kappa shape index (κ3) is 9.39. The van der Waals surface area contributed by atoms with E-state index in [1.165, 1.54) is 36.4 Å². The maximum Gasteiger partial charge on any atom is 0.314 e. The van der Waals surface area contributed by atoms with Crippen molar-refractivity contribution in [1.29, 1.82) is 0 Å². The van der Waals surface area contributed by atoms with E-state index in [1.54, 1.807) is 35.2 Å². The van der Waals surface area contributed by atoms with Crippen molar-refractivity contribution >= 4 is 69.2 Å². The number of nitrogens with zero attached hydrogens (tertiary/aromatic N) is 1. The largest absolute Gasteiger partial charge is 0.454 e. The van der Waals surface area contributed by atoms with E-state index in [1.807, 2.05) is 0 Å². The first kappa shape index (κ1) is 33.8. The van der Waals surface area contributed by atoms with Gasteiger partial charge in [-0.1, -0.05) is 35.3 Å². The van der Waals surface area contributed by atoms with Crippen molar-refractivity contribution in [3.63, 3.8) is 0 Å². The molecule has 15 heteroatoms. The number of primary amides is 1. The summed E-state index contributed by atoms with van der Waals surface area (Å²) in [4.78, 5) is 37.4. The molecule has 0 aliphatic carbocycles. The summed E-state index contributed by atoms with van der Waals surface area (Å²) < 4.78 is 34.5. The average Bonchev–Trinajstić information content (AvgIpc) is 2.97. The molecule has 1 aliphatic rings. The van der Waals surface area contributed by atoms with Crippen LogP contribution in [0.2, 0.25) is 10.0 Å². The molecule has 0 atom stereocenters. The van der Waals surface area contributed by atoms with E-state index in [0.29, 0.717) is 30.4 Å². The number of likely N-dealkylation sites (tertiary alicyclic amines) is 1. The van der Waals surface area contributed by atoms with E-state index in [9.17, 15) is 22.8 Å². The topological polar surface area (TPSA) is 160 Å². The quantitative estimate of drug-likeness (QED) is 0.246. The molecule has 1 saturated heterocycles. The number of halogens is 3. The van der Waals surface area contributed by atoms with E-state index in [2.05, 4.69) is 15.4 Å². The van der Waals surface area contributed by atoms with Crippen molar-refractivity contribution in [3.05, 3.63) is 82.3 Å². The molecule has 0 bridgehead atoms. The van der Waals surface area contributed by atoms with Gasteiger partial charge in [0, 0.05) is 30.2 Å². The molecule has 230 valence electrons. The molecule has 4 amide bonds. The summed E-state index contributed by atoms with van der Waals surface area (Å²) in [6, 6.07) is 15.9. The van der Waals surface area contributed by atoms with Crippen molar-refractivity contribution in [2.45, 2.75) is 17.7 Å². The van der Waals surface area contributed by atoms with Gasteiger partial charge in [0.1, 0.15) is 5.75 Å². The number of piperidine rings is 1. The second-order valence-electron chi connectivity index (χ2n) is 9.56. The van der Waals surface area contributed by atoms with Crippen LogP contribution in [-0.4, -0.2) is 57.3 Å². The Kier molecular flexibility index (Phi) is 11.9. The number of nitrogens with one attached hydrogen (secondary N) is 3. The van der Waals surface area contributed by atoms with Crippen molar-refractivity contribution in [3.8, 4) is 11.5 Å². The molecule has 0 saturated carbocycles. The SMILES string of the molecule is Cl.NC(=O)N1CCC(CNC(=O)CNC(=O)c2ccc(S(=O)(=O)Nc3ccccc3Oc3ccc(Cl)cc3Cl)cc2)CC1. The zero-order chi connectivity index (χ0) is 30.3. The molecule has 3 aromatic carbocycles. The Morgan fingerprint density at radius 1 is 0.930 bits per heavy atom. The number of carbonyl (C=O) groups is 3. The Labute approximate surface area is 265 Å². The Hall–Kier alpha value is -3.71. The molecule has 11 nitrogen and oxygen atoms in total. The molecule has 1 aliphatic heterocycles. The third-order valence-corrected chi connectivity index (χ3v) is 8.51. The number of sulfonamides is 1. The smallest absolute Gasteiger partial charge is 0.314 e. The first-order chi connectivity index (χ1) is 20.0. The average molecular weight is 671 g/mol. The molecule has 0 unspecified atom stereocenters. The molecule has 4 rings (SSSR count). The van der Waals surface area contributed by atoms with E-state index in [4.69, 9.17) is 33.7 Å². The van der Waals surface area contributed by atoms with Crippen molar-refractivity contribution < 1.29 is 27.5 Å². The van der Waals surface area contributed by atoms with Crippen LogP contribution in [0.5, 0.6) is 11.5 Å². The molecular formula is C28H30Cl3N5O6S. The number of hydrogen-bond donors (Lipinski definition) is 4. The summed E-state index contributed by atoms with van der Waals surface area (Å²) in [6.45, 7) is 1.29. The normalized spacial score (nSPS) is 13.4. The van der Waals surface area contributed by atoms with Crippen LogP contribution in [0.3, 0.4) is 0 Å². The Morgan fingerprint density at radius 2 is 1.60 bits per heavy atom. The first-order valence-corrected chi connectivity index (χ1v) is 15.2. The van der Waals surface area contributed by atoms with E-state index < -0.39 is 22.0 Å². The molecule has 5 N–H and O–H groups in total. The van der Waals surface area contributed by atoms with Crippen molar-refractivity contribution in [2.24, 2.45) is 11.7 Å². The highest BCUT2D eigenvalue weighted by atomic mass is 35.5. The Morgan fingerprint density at radius 3 is 2.26 bits per heavy atom. The maximum absolute atomic E-state index is 13.1. The second kappa shape index (κ2) is 15.1. The van der Waals surface area contributed by atoms with Crippen LogP contribution >= 0.6 is 35.6 Å². The van der Waals surface area contributed by atoms with Gasteiger partial charge in [0.15, 0.2) is 5.75 Å². The second-order valence-corrected chi connectivity index (χ2v) is 12.1. The number of urea groups is 1. The Bertz CT molecular complexity index is 1570. The highest BCUT2D eigenvalue weighted by molar-refractivity contribution is 7.92. The molecule has 0 aromatic heterocycles. The van der Waals surface area contributed by atoms with E-state index >= 15 is 0 Å². The number of anilines is 1. The molecule has 0 radical (unpaired) electrons. The molecule has 43 heavy (non-hydrogen) atoms. The van der Waals surface area contributed by atoms with Crippen LogP contribution in [0, 0.1) is 5.92 Å². The fourth-order valence-corrected chi connectivity index (χ4v) is 5.76. The highest BCUT2D eigenvalue weighted by Gasteiger charge is 2.22. The van der Waals surface area contributed by atoms with Crippen LogP contribution in [0.15, 0.2) is 71.6 Å². The summed E-state index contributed by atoms with van der Waals surface area (Å²) in [5.74, 6) is -0.157. The fraction of sp³-hybridized carbons (Fsp3) is 0.250. The molecule has 1 fully saturated rings. The number of rotatable bonds is 10. The number of benzene rings is 3. The van der Waals surface area contributed by atoms with E-state index in [0.717, 1.165) is 12.8 Å². The fourth-order valence-electron chi connectivity index (χ4n) is 4.25. The number of para-hydroxylation sites is 2. The van der Waals surface area contributed by atoms with Gasteiger partial charge < -0.3 is 26.0 Å². The zero-order valence-electron chi connectivity index (χ0n) is 22.7. The van der Waals surface area contributed by atoms with Gasteiger partial charge >= 0.3 is 6.03 Å². The van der Waals surface area contributed by atoms with Gasteiger partial charge in [-0.3, -0.25) is 14.3 Å². The number of hydrogen-bond acceptors (Lipinski definition) is 6. The van der Waals surface area contributed by atoms with Gasteiger partial charge in [-0.25, -0.2) is 13.2 Å². The lowest BCUT2D eigenvalue weighted by atomic mass is 9.97. The van der Waals surface area contributed by atoms with Gasteiger partial charge in [-0.05, 0) is 73.4 Å². The lowest BCUT2D eigenvalue weighted by molar-refractivity contribution is -0.120. The number of carbonyl (C=O) groups excluding carboxylic acids is 3. The van der Waals surface area contributed by atoms with Gasteiger partial charge in [-0.15, -0.1) is 12.4 Å². The summed E-state index contributed by atoms with van der Waals surface area (Å²) in [5.41, 5.74) is 5.64. The standard InChI is InChI=1S/C28H29Cl2N5O6S.ClH/c29-20-7-10-24(22(30)15-20)41-25-4-2-1-3-23(25)34-42(39,40)21-8-5-19(6-9-21)27(37)33-17-26(36)32-16-18-11-13-35(14-12-18)28(31)38;/h1-10,15,18,34H,11-14,16-17H2,(H2,31,38)(H,32,36)(H,33,37);1H. The predicted molar refractivity (Wildman–Crippen MR) is 167 cm³/mol. The minimum absolute atomic E-state index is 0. The summed E-state index contributed by atoms with van der Waals surface area (Å²) >= 11 is 12.1. The highest BCUT2D eigenvalue weighted by Crippen LogP contribution is 2.35. The predicted octanol–water partition coefficient (Wildman–Crippen LogP) is 4.65. The van der Waals surface area contributed by atoms with Gasteiger partial charge in [0.05, 0.1) is 22.2 Å². The lowest BCUT2D eigenvalue weighted by Gasteiger charge is -2.30. The minimum Gasteiger partial charge on any atom is -0.454 e. The van der Waals surface area contributed by atoms with Crippen LogP contribution in [0.4, 0.5) is 10.5 Å². The minimum atomic E-state index is -4.05. The molecular weight excluding hydrogens is 641 g/mol. The van der Waals surface area contributed by atoms with Crippen molar-refractivity contribution in [1.82, 2.24) is 15.5 Å². The molecule has 3 aromatic rings. The van der Waals surface area contributed by atoms with E-state index in [-0.39, 0.29) is 57.7 Å². The molecule has 1 heterocycles. The maximum atomic E-state index is 13.1. The lowest BCUT2D eigenvalue weighted by Crippen LogP contribution is -2.45. The number of nitrogens with two attached hydrogens (primary N) is 1. The monoisotopic (exact) mass is 669 g/mol. The van der Waals surface area contributed by atoms with Gasteiger partial charge in [0.2, 0.25) is 5.91 Å². The van der Waals surface area contributed by atoms with Crippen LogP contribution < -0.4 is 25.8 Å². The summed E-state index contributed by atoms with van der Waals surface area (Å²) in [6.07, 6.45) is 1.46. The van der Waals surface area contributed by atoms with Gasteiger partial charge in [-0.2, -0.15) is 0 Å². The number of amides is 4. The number of ether oxygens (including phenoxy) is 1. The third-order valence-electron chi connectivity index (χ3n) is 6.60. The van der Waals surface area contributed by atoms with Crippen LogP contribution in [0.1, 0.15) is 23.2 Å². The van der Waals surface area contributed by atoms with Crippen molar-refractivity contribution in [2.75, 3.05) is 30.9 Å². The van der Waals surface area contributed by atoms with Crippen LogP contribution in [-0.2, 0) is 14.8 Å². The Balaban J connectivity index is 0.00000506. The zero-order valence-corrected chi connectivity index (χ0v) is 25.9. The van der Waals surface area contributed by atoms with Gasteiger partial charge in [0.25, 0.3) is 15.9 Å². The first-order valence-electron chi connectivity index (χ1n) is 13.0. The molecule has 0 spiro atoms. The van der Waals surface area contributed by atoms with Crippen LogP contribution in [0.25, 0.3) is 0 Å². The summed E-state index contributed by atoms with van der Waals surface area (Å²) in [5, 5.41) is 5.99. The summed E-state index contributed by atoms with van der Waals surface area (Å²) in [7, 11) is -4.05.